The van der Waals surface area contributed by atoms with Gasteiger partial charge in [-0.3, -0.25) is 9.78 Å². The summed E-state index contributed by atoms with van der Waals surface area (Å²) >= 11 is 0. The Morgan fingerprint density at radius 2 is 1.80 bits per heavy atom. The second kappa shape index (κ2) is 8.03. The molecule has 1 amide bonds. The van der Waals surface area contributed by atoms with E-state index in [2.05, 4.69) is 4.98 Å². The van der Waals surface area contributed by atoms with Crippen molar-refractivity contribution >= 4 is 12.0 Å². The second-order valence-corrected chi connectivity index (χ2v) is 6.27. The number of aromatic nitrogens is 1. The predicted octanol–water partition coefficient (Wildman–Crippen LogP) is 3.21. The highest BCUT2D eigenvalue weighted by Crippen LogP contribution is 2.30. The molecule has 4 nitrogen and oxygen atoms in total. The normalized spacial score (nSPS) is 17.0. The third-order valence-corrected chi connectivity index (χ3v) is 4.63. The van der Waals surface area contributed by atoms with Crippen LogP contribution in [0.5, 0.6) is 0 Å². The molecule has 0 radical (unpaired) electrons. The van der Waals surface area contributed by atoms with Gasteiger partial charge in [0.2, 0.25) is 5.91 Å². The van der Waals surface area contributed by atoms with E-state index >= 15 is 0 Å². The van der Waals surface area contributed by atoms with Crippen LogP contribution >= 0.6 is 0 Å². The number of piperidine rings is 1. The minimum Gasteiger partial charge on any atom is -0.388 e. The quantitative estimate of drug-likeness (QED) is 0.870. The molecular formula is C20H21FN2O2. The van der Waals surface area contributed by atoms with Gasteiger partial charge in [0, 0.05) is 31.6 Å². The van der Waals surface area contributed by atoms with E-state index in [1.165, 1.54) is 12.1 Å². The third-order valence-electron chi connectivity index (χ3n) is 4.63. The van der Waals surface area contributed by atoms with Crippen molar-refractivity contribution in [2.24, 2.45) is 5.92 Å². The SMILES string of the molecule is O=C(/C=C/c1ccncc1)N1CCC([C@@H](O)c2ccc(F)cc2)CC1. The number of rotatable bonds is 4. The number of likely N-dealkylation sites (tertiary alicyclic amines) is 1. The molecule has 130 valence electrons. The molecule has 1 aromatic carbocycles. The highest BCUT2D eigenvalue weighted by Gasteiger charge is 2.27. The molecule has 1 aromatic heterocycles. The maximum Gasteiger partial charge on any atom is 0.246 e. The number of halogens is 1. The summed E-state index contributed by atoms with van der Waals surface area (Å²) in [5.74, 6) is -0.248. The molecule has 5 heteroatoms. The maximum atomic E-state index is 13.0. The summed E-state index contributed by atoms with van der Waals surface area (Å²) in [6.45, 7) is 1.23. The Morgan fingerprint density at radius 3 is 2.44 bits per heavy atom. The largest absolute Gasteiger partial charge is 0.388 e. The minimum atomic E-state index is -0.620. The van der Waals surface area contributed by atoms with Crippen molar-refractivity contribution in [3.8, 4) is 0 Å². The number of aliphatic hydroxyl groups is 1. The number of carbonyl (C=O) groups excluding carboxylic acids is 1. The maximum absolute atomic E-state index is 13.0. The van der Waals surface area contributed by atoms with Crippen LogP contribution in [-0.2, 0) is 4.79 Å². The van der Waals surface area contributed by atoms with Crippen LogP contribution in [0, 0.1) is 11.7 Å². The average Bonchev–Trinajstić information content (AvgIpc) is 2.67. The second-order valence-electron chi connectivity index (χ2n) is 6.27. The first-order valence-electron chi connectivity index (χ1n) is 8.44. The summed E-state index contributed by atoms with van der Waals surface area (Å²) < 4.78 is 13.0. The van der Waals surface area contributed by atoms with Crippen LogP contribution < -0.4 is 0 Å². The number of carbonyl (C=O) groups is 1. The van der Waals surface area contributed by atoms with E-state index in [9.17, 15) is 14.3 Å². The number of pyridine rings is 1. The van der Waals surface area contributed by atoms with Crippen molar-refractivity contribution < 1.29 is 14.3 Å². The lowest BCUT2D eigenvalue weighted by Gasteiger charge is -2.34. The fourth-order valence-electron chi connectivity index (χ4n) is 3.12. The van der Waals surface area contributed by atoms with E-state index in [4.69, 9.17) is 0 Å². The number of amides is 1. The molecule has 1 N–H and O–H groups in total. The molecule has 0 bridgehead atoms. The molecule has 1 aliphatic rings. The first-order chi connectivity index (χ1) is 12.1. The van der Waals surface area contributed by atoms with Crippen molar-refractivity contribution in [3.05, 3.63) is 71.8 Å². The van der Waals surface area contributed by atoms with Gasteiger partial charge in [-0.1, -0.05) is 12.1 Å². The number of hydrogen-bond donors (Lipinski definition) is 1. The fourth-order valence-corrected chi connectivity index (χ4v) is 3.12. The van der Waals surface area contributed by atoms with Crippen LogP contribution in [0.15, 0.2) is 54.9 Å². The molecule has 3 rings (SSSR count). The molecule has 1 atom stereocenters. The van der Waals surface area contributed by atoms with Crippen LogP contribution in [-0.4, -0.2) is 34.0 Å². The van der Waals surface area contributed by atoms with E-state index < -0.39 is 6.10 Å². The van der Waals surface area contributed by atoms with Crippen LogP contribution in [0.4, 0.5) is 4.39 Å². The third kappa shape index (κ3) is 4.51. The lowest BCUT2D eigenvalue weighted by atomic mass is 9.87. The number of nitrogens with zero attached hydrogens (tertiary/aromatic N) is 2. The standard InChI is InChI=1S/C20H21FN2O2/c21-18-4-2-16(3-5-18)20(25)17-9-13-23(14-10-17)19(24)6-1-15-7-11-22-12-8-15/h1-8,11-12,17,20,25H,9-10,13-14H2/b6-1+/t20-/m0/s1. The van der Waals surface area contributed by atoms with Gasteiger partial charge in [0.05, 0.1) is 6.10 Å². The fraction of sp³-hybridized carbons (Fsp3) is 0.300. The number of hydrogen-bond acceptors (Lipinski definition) is 3. The number of aliphatic hydroxyl groups excluding tert-OH is 1. The van der Waals surface area contributed by atoms with E-state index in [-0.39, 0.29) is 17.6 Å². The zero-order valence-corrected chi connectivity index (χ0v) is 13.9. The van der Waals surface area contributed by atoms with Crippen molar-refractivity contribution in [3.63, 3.8) is 0 Å². The molecule has 0 saturated carbocycles. The van der Waals surface area contributed by atoms with Gasteiger partial charge >= 0.3 is 0 Å². The molecule has 1 aliphatic heterocycles. The summed E-state index contributed by atoms with van der Waals surface area (Å²) in [5.41, 5.74) is 1.66. The predicted molar refractivity (Wildman–Crippen MR) is 93.9 cm³/mol. The van der Waals surface area contributed by atoms with Crippen molar-refractivity contribution in [1.82, 2.24) is 9.88 Å². The van der Waals surface area contributed by atoms with Crippen LogP contribution in [0.2, 0.25) is 0 Å². The first-order valence-corrected chi connectivity index (χ1v) is 8.44. The molecule has 2 heterocycles. The van der Waals surface area contributed by atoms with Crippen LogP contribution in [0.25, 0.3) is 6.08 Å². The molecule has 0 aliphatic carbocycles. The van der Waals surface area contributed by atoms with Gasteiger partial charge in [-0.2, -0.15) is 0 Å². The molecule has 2 aromatic rings. The molecule has 25 heavy (non-hydrogen) atoms. The zero-order chi connectivity index (χ0) is 17.6. The number of benzene rings is 1. The molecule has 1 saturated heterocycles. The summed E-state index contributed by atoms with van der Waals surface area (Å²) in [7, 11) is 0. The van der Waals surface area contributed by atoms with Crippen LogP contribution in [0.3, 0.4) is 0 Å². The van der Waals surface area contributed by atoms with Gasteiger partial charge in [-0.05, 0) is 60.2 Å². The van der Waals surface area contributed by atoms with Crippen molar-refractivity contribution in [1.29, 1.82) is 0 Å². The Kier molecular flexibility index (Phi) is 5.56. The van der Waals surface area contributed by atoms with Gasteiger partial charge in [-0.15, -0.1) is 0 Å². The lowest BCUT2D eigenvalue weighted by molar-refractivity contribution is -0.127. The lowest BCUT2D eigenvalue weighted by Crippen LogP contribution is -2.38. The van der Waals surface area contributed by atoms with E-state index in [0.29, 0.717) is 13.1 Å². The van der Waals surface area contributed by atoms with Gasteiger partial charge < -0.3 is 10.0 Å². The summed E-state index contributed by atoms with van der Waals surface area (Å²) in [5, 5.41) is 10.5. The Hall–Kier alpha value is -2.53. The summed E-state index contributed by atoms with van der Waals surface area (Å²) in [6, 6.07) is 9.65. The summed E-state index contributed by atoms with van der Waals surface area (Å²) in [4.78, 5) is 18.0. The van der Waals surface area contributed by atoms with E-state index in [0.717, 1.165) is 24.0 Å². The van der Waals surface area contributed by atoms with Crippen molar-refractivity contribution in [2.75, 3.05) is 13.1 Å². The monoisotopic (exact) mass is 340 g/mol. The average molecular weight is 340 g/mol. The van der Waals surface area contributed by atoms with E-state index in [1.807, 2.05) is 12.1 Å². The molecular weight excluding hydrogens is 319 g/mol. The van der Waals surface area contributed by atoms with Gasteiger partial charge in [0.1, 0.15) is 5.82 Å². The highest BCUT2D eigenvalue weighted by molar-refractivity contribution is 5.91. The van der Waals surface area contributed by atoms with Gasteiger partial charge in [-0.25, -0.2) is 4.39 Å². The Bertz CT molecular complexity index is 723. The topological polar surface area (TPSA) is 53.4 Å². The Labute approximate surface area is 146 Å². The van der Waals surface area contributed by atoms with Crippen LogP contribution in [0.1, 0.15) is 30.1 Å². The van der Waals surface area contributed by atoms with Gasteiger partial charge in [0.25, 0.3) is 0 Å². The van der Waals surface area contributed by atoms with E-state index in [1.54, 1.807) is 41.6 Å². The summed E-state index contributed by atoms with van der Waals surface area (Å²) in [6.07, 6.45) is 7.57. The molecule has 1 fully saturated rings. The molecule has 0 unspecified atom stereocenters. The zero-order valence-electron chi connectivity index (χ0n) is 13.9. The van der Waals surface area contributed by atoms with Crippen molar-refractivity contribution in [2.45, 2.75) is 18.9 Å². The highest BCUT2D eigenvalue weighted by atomic mass is 19.1. The smallest absolute Gasteiger partial charge is 0.246 e. The Morgan fingerprint density at radius 1 is 1.16 bits per heavy atom. The molecule has 0 spiro atoms. The minimum absolute atomic E-state index is 0.0217. The Balaban J connectivity index is 1.53. The first kappa shape index (κ1) is 17.3. The van der Waals surface area contributed by atoms with Gasteiger partial charge in [0.15, 0.2) is 0 Å².